The Bertz CT molecular complexity index is 996. The molecule has 1 amide bonds. The molecule has 1 aliphatic heterocycles. The van der Waals surface area contributed by atoms with E-state index in [-0.39, 0.29) is 35.1 Å². The van der Waals surface area contributed by atoms with Gasteiger partial charge in [0.05, 0.1) is 10.6 Å². The van der Waals surface area contributed by atoms with Crippen molar-refractivity contribution < 1.29 is 17.6 Å². The number of halogens is 2. The first kappa shape index (κ1) is 22.3. The van der Waals surface area contributed by atoms with Crippen molar-refractivity contribution in [1.29, 1.82) is 0 Å². The fraction of sp³-hybridized carbons (Fsp3) is 0.316. The van der Waals surface area contributed by atoms with Crippen LogP contribution >= 0.6 is 12.4 Å². The van der Waals surface area contributed by atoms with Gasteiger partial charge in [0.15, 0.2) is 0 Å². The second-order valence-electron chi connectivity index (χ2n) is 6.42. The highest BCUT2D eigenvalue weighted by atomic mass is 35.5. The normalized spacial score (nSPS) is 13.4. The topological polar surface area (TPSA) is 87.3 Å². The summed E-state index contributed by atoms with van der Waals surface area (Å²) in [6.07, 6.45) is 0.556. The minimum absolute atomic E-state index is 0. The van der Waals surface area contributed by atoms with Gasteiger partial charge < -0.3 is 10.6 Å². The van der Waals surface area contributed by atoms with E-state index in [2.05, 4.69) is 15.4 Å². The lowest BCUT2D eigenvalue weighted by Crippen LogP contribution is -2.25. The van der Waals surface area contributed by atoms with Crippen LogP contribution in [0.25, 0.3) is 0 Å². The molecule has 3 rings (SSSR count). The number of hydrogen-bond acceptors (Lipinski definition) is 4. The van der Waals surface area contributed by atoms with Crippen molar-refractivity contribution in [3.8, 4) is 0 Å². The molecule has 0 unspecified atom stereocenters. The third-order valence-corrected chi connectivity index (χ3v) is 6.10. The molecule has 6 nitrogen and oxygen atoms in total. The van der Waals surface area contributed by atoms with Crippen molar-refractivity contribution in [3.05, 3.63) is 58.4 Å². The molecule has 0 aliphatic carbocycles. The molecular formula is C19H23ClFN3O3S. The van der Waals surface area contributed by atoms with E-state index in [0.717, 1.165) is 5.56 Å². The fourth-order valence-corrected chi connectivity index (χ4v) is 4.17. The van der Waals surface area contributed by atoms with Gasteiger partial charge >= 0.3 is 0 Å². The first-order chi connectivity index (χ1) is 12.8. The Morgan fingerprint density at radius 2 is 2.00 bits per heavy atom. The smallest absolute Gasteiger partial charge is 0.256 e. The number of benzene rings is 2. The zero-order valence-corrected chi connectivity index (χ0v) is 17.3. The minimum atomic E-state index is -3.69. The van der Waals surface area contributed by atoms with Crippen molar-refractivity contribution in [3.63, 3.8) is 0 Å². The van der Waals surface area contributed by atoms with Crippen molar-refractivity contribution in [1.82, 2.24) is 10.0 Å². The number of hydrogen-bond donors (Lipinski definition) is 3. The minimum Gasteiger partial charge on any atom is -0.319 e. The monoisotopic (exact) mass is 427 g/mol. The molecule has 2 aromatic rings. The van der Waals surface area contributed by atoms with Crippen LogP contribution in [-0.4, -0.2) is 27.4 Å². The Hall–Kier alpha value is -2.00. The number of amides is 1. The van der Waals surface area contributed by atoms with Crippen molar-refractivity contribution in [2.24, 2.45) is 0 Å². The van der Waals surface area contributed by atoms with E-state index in [4.69, 9.17) is 0 Å². The number of nitrogens with one attached hydrogen (secondary N) is 3. The van der Waals surface area contributed by atoms with Crippen LogP contribution in [0.15, 0.2) is 35.2 Å². The molecule has 2 aromatic carbocycles. The number of aryl methyl sites for hydroxylation is 1. The van der Waals surface area contributed by atoms with Crippen LogP contribution in [0, 0.1) is 12.7 Å². The summed E-state index contributed by atoms with van der Waals surface area (Å²) in [5.41, 5.74) is 2.37. The van der Waals surface area contributed by atoms with Crippen LogP contribution in [0.3, 0.4) is 0 Å². The summed E-state index contributed by atoms with van der Waals surface area (Å²) in [5.74, 6) is -0.981. The van der Waals surface area contributed by atoms with E-state index in [1.165, 1.54) is 18.2 Å². The number of sulfonamides is 1. The van der Waals surface area contributed by atoms with E-state index in [1.54, 1.807) is 26.0 Å². The standard InChI is InChI=1S/C19H22FN3O3S.ClH/c1-3-22-27(25,26)14-6-4-12(2)16(10-14)19(24)23-17-7-5-13-11-21-9-8-15(13)18(17)20;/h4-7,10,21-22H,3,8-9,11H2,1-2H3,(H,23,24);1H. The largest absolute Gasteiger partial charge is 0.319 e. The maximum atomic E-state index is 14.8. The average Bonchev–Trinajstić information content (AvgIpc) is 2.64. The lowest BCUT2D eigenvalue weighted by molar-refractivity contribution is 0.102. The second-order valence-corrected chi connectivity index (χ2v) is 8.19. The molecule has 1 heterocycles. The fourth-order valence-electron chi connectivity index (χ4n) is 3.11. The molecule has 28 heavy (non-hydrogen) atoms. The summed E-state index contributed by atoms with van der Waals surface area (Å²) in [6.45, 7) is 4.91. The van der Waals surface area contributed by atoms with Gasteiger partial charge in [-0.1, -0.05) is 19.1 Å². The summed E-state index contributed by atoms with van der Waals surface area (Å²) in [4.78, 5) is 12.7. The molecule has 9 heteroatoms. The number of fused-ring (bicyclic) bond motifs is 1. The van der Waals surface area contributed by atoms with Gasteiger partial charge in [-0.2, -0.15) is 0 Å². The zero-order valence-electron chi connectivity index (χ0n) is 15.6. The summed E-state index contributed by atoms with van der Waals surface area (Å²) in [5, 5.41) is 5.75. The summed E-state index contributed by atoms with van der Waals surface area (Å²) >= 11 is 0. The molecule has 0 atom stereocenters. The van der Waals surface area contributed by atoms with E-state index < -0.39 is 21.7 Å². The van der Waals surface area contributed by atoms with Crippen molar-refractivity contribution >= 4 is 34.0 Å². The quantitative estimate of drug-likeness (QED) is 0.684. The lowest BCUT2D eigenvalue weighted by Gasteiger charge is -2.19. The number of rotatable bonds is 5. The summed E-state index contributed by atoms with van der Waals surface area (Å²) in [6, 6.07) is 7.64. The van der Waals surface area contributed by atoms with Crippen LogP contribution in [0.2, 0.25) is 0 Å². The van der Waals surface area contributed by atoms with E-state index >= 15 is 0 Å². The third-order valence-electron chi connectivity index (χ3n) is 4.55. The van der Waals surface area contributed by atoms with Gasteiger partial charge in [0, 0.05) is 18.7 Å². The van der Waals surface area contributed by atoms with E-state index in [1.807, 2.05) is 0 Å². The Morgan fingerprint density at radius 3 is 2.71 bits per heavy atom. The van der Waals surface area contributed by atoms with Gasteiger partial charge in [0.1, 0.15) is 5.82 Å². The predicted molar refractivity (Wildman–Crippen MR) is 109 cm³/mol. The number of anilines is 1. The van der Waals surface area contributed by atoms with E-state index in [9.17, 15) is 17.6 Å². The molecule has 1 aliphatic rings. The molecule has 0 aromatic heterocycles. The molecular weight excluding hydrogens is 405 g/mol. The Labute approximate surface area is 170 Å². The molecule has 3 N–H and O–H groups in total. The highest BCUT2D eigenvalue weighted by Crippen LogP contribution is 2.25. The predicted octanol–water partition coefficient (Wildman–Crippen LogP) is 2.75. The average molecular weight is 428 g/mol. The summed E-state index contributed by atoms with van der Waals surface area (Å²) < 4.78 is 41.5. The number of carbonyl (C=O) groups excluding carboxylic acids is 1. The second kappa shape index (κ2) is 9.00. The van der Waals surface area contributed by atoms with Crippen LogP contribution in [0.4, 0.5) is 10.1 Å². The molecule has 0 saturated heterocycles. The third kappa shape index (κ3) is 4.52. The molecule has 0 spiro atoms. The Balaban J connectivity index is 0.00000280. The lowest BCUT2D eigenvalue weighted by atomic mass is 9.99. The molecule has 0 fully saturated rings. The van der Waals surface area contributed by atoms with Crippen LogP contribution < -0.4 is 15.4 Å². The van der Waals surface area contributed by atoms with E-state index in [0.29, 0.717) is 30.6 Å². The van der Waals surface area contributed by atoms with Gasteiger partial charge in [0.25, 0.3) is 5.91 Å². The van der Waals surface area contributed by atoms with Gasteiger partial charge in [0.2, 0.25) is 10.0 Å². The Kier molecular flexibility index (Phi) is 7.16. The molecule has 0 bridgehead atoms. The first-order valence-electron chi connectivity index (χ1n) is 8.76. The van der Waals surface area contributed by atoms with Crippen molar-refractivity contribution in [2.75, 3.05) is 18.4 Å². The van der Waals surface area contributed by atoms with Crippen molar-refractivity contribution in [2.45, 2.75) is 31.7 Å². The van der Waals surface area contributed by atoms with Gasteiger partial charge in [-0.15, -0.1) is 12.4 Å². The van der Waals surface area contributed by atoms with Gasteiger partial charge in [-0.25, -0.2) is 17.5 Å². The summed E-state index contributed by atoms with van der Waals surface area (Å²) in [7, 11) is -3.69. The highest BCUT2D eigenvalue weighted by molar-refractivity contribution is 7.89. The SMILES string of the molecule is CCNS(=O)(=O)c1ccc(C)c(C(=O)Nc2ccc3c(c2F)CCNC3)c1.Cl. The van der Waals surface area contributed by atoms with Gasteiger partial charge in [-0.05, 0) is 54.8 Å². The maximum absolute atomic E-state index is 14.8. The first-order valence-corrected chi connectivity index (χ1v) is 10.2. The molecule has 0 saturated carbocycles. The van der Waals surface area contributed by atoms with Crippen LogP contribution in [-0.2, 0) is 23.0 Å². The molecule has 152 valence electrons. The number of carbonyl (C=O) groups is 1. The zero-order chi connectivity index (χ0) is 19.6. The van der Waals surface area contributed by atoms with Crippen LogP contribution in [0.1, 0.15) is 34.0 Å². The van der Waals surface area contributed by atoms with Gasteiger partial charge in [-0.3, -0.25) is 4.79 Å². The molecule has 0 radical (unpaired) electrons. The van der Waals surface area contributed by atoms with Crippen LogP contribution in [0.5, 0.6) is 0 Å². The Morgan fingerprint density at radius 1 is 1.25 bits per heavy atom. The highest BCUT2D eigenvalue weighted by Gasteiger charge is 2.20. The maximum Gasteiger partial charge on any atom is 0.256 e.